The second kappa shape index (κ2) is 10.7. The Bertz CT molecular complexity index is 1520. The van der Waals surface area contributed by atoms with Gasteiger partial charge < -0.3 is 18.9 Å². The molecule has 0 amide bonds. The van der Waals surface area contributed by atoms with E-state index in [2.05, 4.69) is 11.6 Å². The van der Waals surface area contributed by atoms with Crippen molar-refractivity contribution in [1.82, 2.24) is 4.57 Å². The molecule has 0 aliphatic carbocycles. The molecule has 1 unspecified atom stereocenters. The number of hydrogen-bond acceptors (Lipinski definition) is 8. The molecule has 0 saturated carbocycles. The third kappa shape index (κ3) is 4.70. The average molecular weight is 507 g/mol. The van der Waals surface area contributed by atoms with Gasteiger partial charge in [-0.05, 0) is 48.4 Å². The van der Waals surface area contributed by atoms with Crippen LogP contribution in [-0.4, -0.2) is 38.5 Å². The molecule has 1 aromatic heterocycles. The van der Waals surface area contributed by atoms with E-state index in [1.165, 1.54) is 30.1 Å². The molecule has 1 atom stereocenters. The van der Waals surface area contributed by atoms with Crippen molar-refractivity contribution in [3.05, 3.63) is 97.2 Å². The Balaban J connectivity index is 1.88. The first kappa shape index (κ1) is 25.0. The van der Waals surface area contributed by atoms with Crippen molar-refractivity contribution < 1.29 is 23.7 Å². The first-order chi connectivity index (χ1) is 17.4. The lowest BCUT2D eigenvalue weighted by Gasteiger charge is -2.25. The number of esters is 1. The molecular formula is C27H26N2O6S. The largest absolute Gasteiger partial charge is 0.493 e. The average Bonchev–Trinajstić information content (AvgIpc) is 3.20. The highest BCUT2D eigenvalue weighted by Gasteiger charge is 2.33. The summed E-state index contributed by atoms with van der Waals surface area (Å²) in [5.41, 5.74) is 2.00. The van der Waals surface area contributed by atoms with Gasteiger partial charge in [-0.3, -0.25) is 9.36 Å². The molecule has 2 aromatic carbocycles. The minimum Gasteiger partial charge on any atom is -0.493 e. The zero-order chi connectivity index (χ0) is 25.8. The highest BCUT2D eigenvalue weighted by atomic mass is 32.1. The van der Waals surface area contributed by atoms with Crippen LogP contribution in [0.3, 0.4) is 0 Å². The van der Waals surface area contributed by atoms with E-state index >= 15 is 0 Å². The van der Waals surface area contributed by atoms with E-state index in [0.717, 1.165) is 5.56 Å². The topological polar surface area (TPSA) is 88.3 Å². The molecule has 0 fully saturated rings. The Hall–Kier alpha value is -4.11. The predicted molar refractivity (Wildman–Crippen MR) is 137 cm³/mol. The van der Waals surface area contributed by atoms with E-state index in [-0.39, 0.29) is 11.1 Å². The number of fused-ring (bicyclic) bond motifs is 1. The maximum absolute atomic E-state index is 13.7. The van der Waals surface area contributed by atoms with Crippen LogP contribution in [0.5, 0.6) is 17.2 Å². The molecule has 1 aliphatic rings. The highest BCUT2D eigenvalue weighted by Crippen LogP contribution is 2.35. The van der Waals surface area contributed by atoms with Gasteiger partial charge in [0, 0.05) is 0 Å². The molecule has 36 heavy (non-hydrogen) atoms. The molecular weight excluding hydrogens is 480 g/mol. The number of ether oxygens (including phenoxy) is 4. The first-order valence-corrected chi connectivity index (χ1v) is 11.9. The van der Waals surface area contributed by atoms with Crippen molar-refractivity contribution >= 4 is 23.4 Å². The lowest BCUT2D eigenvalue weighted by atomic mass is 9.95. The Morgan fingerprint density at radius 2 is 1.83 bits per heavy atom. The van der Waals surface area contributed by atoms with Gasteiger partial charge in [0.25, 0.3) is 5.56 Å². The normalized spacial score (nSPS) is 15.1. The smallest absolute Gasteiger partial charge is 0.338 e. The van der Waals surface area contributed by atoms with Gasteiger partial charge in [-0.15, -0.1) is 0 Å². The molecule has 3 aromatic rings. The summed E-state index contributed by atoms with van der Waals surface area (Å²) in [4.78, 5) is 31.6. The summed E-state index contributed by atoms with van der Waals surface area (Å²) < 4.78 is 23.4. The number of aromatic nitrogens is 1. The number of rotatable bonds is 8. The number of hydrogen-bond donors (Lipinski definition) is 0. The van der Waals surface area contributed by atoms with Crippen molar-refractivity contribution in [2.45, 2.75) is 13.0 Å². The summed E-state index contributed by atoms with van der Waals surface area (Å²) in [6.07, 6.45) is 3.47. The van der Waals surface area contributed by atoms with Crippen LogP contribution in [0.1, 0.15) is 24.1 Å². The Morgan fingerprint density at radius 1 is 1.11 bits per heavy atom. The number of allylic oxidation sites excluding steroid dienone is 1. The van der Waals surface area contributed by atoms with Crippen LogP contribution >= 0.6 is 11.3 Å². The monoisotopic (exact) mass is 506 g/mol. The van der Waals surface area contributed by atoms with E-state index < -0.39 is 12.0 Å². The van der Waals surface area contributed by atoms with Crippen LogP contribution in [0.2, 0.25) is 0 Å². The van der Waals surface area contributed by atoms with Gasteiger partial charge in [0.1, 0.15) is 12.4 Å². The Kier molecular flexibility index (Phi) is 7.40. The van der Waals surface area contributed by atoms with Gasteiger partial charge in [-0.2, -0.15) is 0 Å². The summed E-state index contributed by atoms with van der Waals surface area (Å²) in [5, 5.41) is 0. The van der Waals surface area contributed by atoms with Crippen LogP contribution < -0.4 is 29.1 Å². The Morgan fingerprint density at radius 3 is 2.47 bits per heavy atom. The summed E-state index contributed by atoms with van der Waals surface area (Å²) in [5.74, 6) is 1.17. The molecule has 4 rings (SSSR count). The molecule has 0 radical (unpaired) electrons. The second-order valence-electron chi connectivity index (χ2n) is 7.86. The number of methoxy groups -OCH3 is 3. The zero-order valence-corrected chi connectivity index (χ0v) is 21.3. The van der Waals surface area contributed by atoms with Crippen molar-refractivity contribution in [2.75, 3.05) is 27.9 Å². The maximum atomic E-state index is 13.7. The molecule has 8 nitrogen and oxygen atoms in total. The van der Waals surface area contributed by atoms with Gasteiger partial charge in [-0.1, -0.05) is 42.2 Å². The highest BCUT2D eigenvalue weighted by molar-refractivity contribution is 7.07. The second-order valence-corrected chi connectivity index (χ2v) is 8.87. The van der Waals surface area contributed by atoms with Crippen molar-refractivity contribution in [2.24, 2.45) is 4.99 Å². The third-order valence-corrected chi connectivity index (χ3v) is 6.68. The van der Waals surface area contributed by atoms with E-state index in [9.17, 15) is 9.59 Å². The zero-order valence-electron chi connectivity index (χ0n) is 20.4. The third-order valence-electron chi connectivity index (χ3n) is 5.70. The maximum Gasteiger partial charge on any atom is 0.338 e. The molecule has 0 N–H and O–H groups in total. The standard InChI is InChI=1S/C27H26N2O6S/c1-6-13-35-19-10-7-17(8-11-19)14-22-25(30)29-24(18-9-12-20(32-3)21(15-18)33-4)23(26(31)34-5)16(2)28-27(29)36-22/h6-12,14-15,24H,1,13H2,2-5H3. The van der Waals surface area contributed by atoms with Gasteiger partial charge >= 0.3 is 5.97 Å². The van der Waals surface area contributed by atoms with Crippen LogP contribution in [0.25, 0.3) is 6.08 Å². The predicted octanol–water partition coefficient (Wildman–Crippen LogP) is 2.99. The van der Waals surface area contributed by atoms with Crippen LogP contribution in [0, 0.1) is 0 Å². The van der Waals surface area contributed by atoms with Gasteiger partial charge in [-0.25, -0.2) is 9.79 Å². The minimum atomic E-state index is -0.745. The number of benzene rings is 2. The number of nitrogens with zero attached hydrogens (tertiary/aromatic N) is 2. The van der Waals surface area contributed by atoms with Crippen LogP contribution in [0.15, 0.2) is 76.2 Å². The minimum absolute atomic E-state index is 0.264. The van der Waals surface area contributed by atoms with Crippen molar-refractivity contribution in [3.63, 3.8) is 0 Å². The lowest BCUT2D eigenvalue weighted by molar-refractivity contribution is -0.136. The van der Waals surface area contributed by atoms with Gasteiger partial charge in [0.15, 0.2) is 16.3 Å². The molecule has 186 valence electrons. The van der Waals surface area contributed by atoms with Crippen LogP contribution in [-0.2, 0) is 9.53 Å². The first-order valence-electron chi connectivity index (χ1n) is 11.1. The molecule has 9 heteroatoms. The molecule has 0 spiro atoms. The van der Waals surface area contributed by atoms with Crippen molar-refractivity contribution in [3.8, 4) is 17.2 Å². The van der Waals surface area contributed by atoms with Gasteiger partial charge in [0.05, 0.1) is 43.2 Å². The van der Waals surface area contributed by atoms with E-state index in [1.54, 1.807) is 44.4 Å². The van der Waals surface area contributed by atoms with Crippen LogP contribution in [0.4, 0.5) is 0 Å². The van der Waals surface area contributed by atoms with Gasteiger partial charge in [0.2, 0.25) is 0 Å². The molecule has 0 bridgehead atoms. The number of thiazole rings is 1. The summed E-state index contributed by atoms with van der Waals surface area (Å²) in [6.45, 7) is 5.79. The van der Waals surface area contributed by atoms with E-state index in [0.29, 0.717) is 44.4 Å². The lowest BCUT2D eigenvalue weighted by Crippen LogP contribution is -2.39. The summed E-state index contributed by atoms with van der Waals surface area (Å²) in [7, 11) is 4.38. The van der Waals surface area contributed by atoms with Crippen molar-refractivity contribution in [1.29, 1.82) is 0 Å². The molecule has 0 saturated heterocycles. The molecule has 1 aliphatic heterocycles. The fraction of sp³-hybridized carbons (Fsp3) is 0.222. The fourth-order valence-corrected chi connectivity index (χ4v) is 5.04. The van der Waals surface area contributed by atoms with E-state index in [4.69, 9.17) is 18.9 Å². The summed E-state index contributed by atoms with van der Waals surface area (Å²) >= 11 is 1.26. The quantitative estimate of drug-likeness (QED) is 0.345. The fourth-order valence-electron chi connectivity index (χ4n) is 4.00. The number of carbonyl (C=O) groups excluding carboxylic acids is 1. The summed E-state index contributed by atoms with van der Waals surface area (Å²) in [6, 6.07) is 11.9. The molecule has 2 heterocycles. The van der Waals surface area contributed by atoms with E-state index in [1.807, 2.05) is 24.3 Å². The Labute approximate surface area is 212 Å². The SMILES string of the molecule is C=CCOc1ccc(C=c2sc3n(c2=O)C(c2ccc(OC)c(OC)c2)C(C(=O)OC)=C(C)N=3)cc1. The number of carbonyl (C=O) groups is 1.